The van der Waals surface area contributed by atoms with Gasteiger partial charge in [-0.1, -0.05) is 22.0 Å². The van der Waals surface area contributed by atoms with Gasteiger partial charge in [-0.25, -0.2) is 4.79 Å². The molecule has 1 rings (SSSR count). The Morgan fingerprint density at radius 2 is 2.36 bits per heavy atom. The number of nitrogens with two attached hydrogens (primary N) is 1. The van der Waals surface area contributed by atoms with Crippen LogP contribution in [0.3, 0.4) is 0 Å². The van der Waals surface area contributed by atoms with E-state index in [1.807, 2.05) is 6.07 Å². The van der Waals surface area contributed by atoms with Gasteiger partial charge in [-0.3, -0.25) is 5.84 Å². The normalized spacial score (nSPS) is 9.64. The van der Waals surface area contributed by atoms with E-state index < -0.39 is 0 Å². The van der Waals surface area contributed by atoms with Crippen molar-refractivity contribution in [2.75, 3.05) is 12.5 Å². The highest BCUT2D eigenvalue weighted by Gasteiger charge is 2.08. The molecule has 0 aliphatic heterocycles. The number of nitrogen functional groups attached to an aromatic ring is 1. The van der Waals surface area contributed by atoms with Crippen molar-refractivity contribution < 1.29 is 9.53 Å². The summed E-state index contributed by atoms with van der Waals surface area (Å²) in [5.41, 5.74) is 4.70. The first-order valence-corrected chi connectivity index (χ1v) is 5.09. The molecule has 0 saturated heterocycles. The Balaban J connectivity index is 3.07. The third kappa shape index (κ3) is 2.24. The van der Waals surface area contributed by atoms with Gasteiger partial charge in [0, 0.05) is 5.33 Å². The van der Waals surface area contributed by atoms with Crippen molar-refractivity contribution in [2.45, 2.75) is 5.33 Å². The number of carbonyl (C=O) groups excluding carboxylic acids is 1. The summed E-state index contributed by atoms with van der Waals surface area (Å²) in [6.07, 6.45) is 0. The number of benzene rings is 1. The Hall–Kier alpha value is -1.07. The molecule has 1 aromatic carbocycles. The van der Waals surface area contributed by atoms with E-state index >= 15 is 0 Å². The van der Waals surface area contributed by atoms with E-state index in [-0.39, 0.29) is 5.97 Å². The molecule has 0 unspecified atom stereocenters. The van der Waals surface area contributed by atoms with Gasteiger partial charge >= 0.3 is 5.97 Å². The molecule has 0 bridgehead atoms. The molecule has 76 valence electrons. The van der Waals surface area contributed by atoms with Crippen molar-refractivity contribution in [1.29, 1.82) is 0 Å². The summed E-state index contributed by atoms with van der Waals surface area (Å²) in [7, 11) is 1.34. The number of carbonyl (C=O) groups is 1. The van der Waals surface area contributed by atoms with Crippen LogP contribution in [0.2, 0.25) is 0 Å². The quantitative estimate of drug-likeness (QED) is 0.375. The van der Waals surface area contributed by atoms with Crippen LogP contribution in [0.5, 0.6) is 0 Å². The second-order valence-corrected chi connectivity index (χ2v) is 3.20. The lowest BCUT2D eigenvalue weighted by atomic mass is 10.1. The fourth-order valence-electron chi connectivity index (χ4n) is 1.07. The number of anilines is 1. The summed E-state index contributed by atoms with van der Waals surface area (Å²) >= 11 is 3.32. The minimum Gasteiger partial charge on any atom is -0.465 e. The molecule has 0 spiro atoms. The second-order valence-electron chi connectivity index (χ2n) is 2.64. The van der Waals surface area contributed by atoms with E-state index in [1.165, 1.54) is 7.11 Å². The lowest BCUT2D eigenvalue weighted by molar-refractivity contribution is 0.0601. The average molecular weight is 259 g/mol. The molecule has 3 N–H and O–H groups in total. The molecule has 0 radical (unpaired) electrons. The molecule has 0 amide bonds. The van der Waals surface area contributed by atoms with Gasteiger partial charge in [0.05, 0.1) is 18.4 Å². The van der Waals surface area contributed by atoms with E-state index in [0.29, 0.717) is 16.6 Å². The van der Waals surface area contributed by atoms with Crippen molar-refractivity contribution in [3.8, 4) is 0 Å². The summed E-state index contributed by atoms with van der Waals surface area (Å²) in [6, 6.07) is 5.17. The van der Waals surface area contributed by atoms with E-state index in [4.69, 9.17) is 5.84 Å². The van der Waals surface area contributed by atoms with Crippen molar-refractivity contribution in [1.82, 2.24) is 0 Å². The number of rotatable bonds is 3. The van der Waals surface area contributed by atoms with Crippen LogP contribution in [0, 0.1) is 0 Å². The molecule has 0 saturated carbocycles. The monoisotopic (exact) mass is 258 g/mol. The van der Waals surface area contributed by atoms with Crippen molar-refractivity contribution in [2.24, 2.45) is 5.84 Å². The Morgan fingerprint density at radius 1 is 1.64 bits per heavy atom. The maximum absolute atomic E-state index is 11.2. The molecule has 0 aliphatic rings. The second kappa shape index (κ2) is 4.97. The first-order chi connectivity index (χ1) is 6.72. The Bertz CT molecular complexity index is 342. The van der Waals surface area contributed by atoms with Crippen LogP contribution in [-0.4, -0.2) is 13.1 Å². The van der Waals surface area contributed by atoms with E-state index in [2.05, 4.69) is 26.1 Å². The van der Waals surface area contributed by atoms with Gasteiger partial charge in [0.25, 0.3) is 0 Å². The molecule has 0 atom stereocenters. The summed E-state index contributed by atoms with van der Waals surface area (Å²) in [5, 5.41) is 0.675. The molecule has 0 aliphatic carbocycles. The van der Waals surface area contributed by atoms with E-state index in [1.54, 1.807) is 12.1 Å². The molecular weight excluding hydrogens is 248 g/mol. The maximum atomic E-state index is 11.2. The van der Waals surface area contributed by atoms with Gasteiger partial charge in [-0.15, -0.1) is 0 Å². The Kier molecular flexibility index (Phi) is 3.91. The molecule has 14 heavy (non-hydrogen) atoms. The number of hydrogen-bond donors (Lipinski definition) is 2. The van der Waals surface area contributed by atoms with E-state index in [9.17, 15) is 4.79 Å². The van der Waals surface area contributed by atoms with Gasteiger partial charge in [0.2, 0.25) is 0 Å². The number of nitrogens with one attached hydrogen (secondary N) is 1. The first kappa shape index (κ1) is 11.0. The van der Waals surface area contributed by atoms with Gasteiger partial charge in [0.1, 0.15) is 0 Å². The van der Waals surface area contributed by atoms with Crippen LogP contribution in [0.15, 0.2) is 18.2 Å². The van der Waals surface area contributed by atoms with Gasteiger partial charge in [0.15, 0.2) is 0 Å². The minimum atomic E-state index is -0.373. The maximum Gasteiger partial charge on any atom is 0.337 e. The third-order valence-corrected chi connectivity index (χ3v) is 2.43. The standard InChI is InChI=1S/C9H11BrN2O2/c1-14-9(13)6-2-3-7(5-10)8(4-6)12-11/h2-4,12H,5,11H2,1H3. The van der Waals surface area contributed by atoms with Crippen molar-refractivity contribution >= 4 is 27.6 Å². The number of methoxy groups -OCH3 is 1. The fourth-order valence-corrected chi connectivity index (χ4v) is 1.56. The Labute approximate surface area is 90.5 Å². The van der Waals surface area contributed by atoms with Crippen LogP contribution < -0.4 is 11.3 Å². The molecule has 5 heteroatoms. The number of halogens is 1. The zero-order valence-electron chi connectivity index (χ0n) is 7.71. The highest BCUT2D eigenvalue weighted by molar-refractivity contribution is 9.08. The van der Waals surface area contributed by atoms with Gasteiger partial charge < -0.3 is 10.2 Å². The number of esters is 1. The van der Waals surface area contributed by atoms with Crippen molar-refractivity contribution in [3.63, 3.8) is 0 Å². The zero-order chi connectivity index (χ0) is 10.6. The predicted octanol–water partition coefficient (Wildman–Crippen LogP) is 1.65. The van der Waals surface area contributed by atoms with Crippen LogP contribution in [-0.2, 0) is 10.1 Å². The lowest BCUT2D eigenvalue weighted by Crippen LogP contribution is -2.10. The Morgan fingerprint density at radius 3 is 2.86 bits per heavy atom. The SMILES string of the molecule is COC(=O)c1ccc(CBr)c(NN)c1. The minimum absolute atomic E-state index is 0.373. The highest BCUT2D eigenvalue weighted by atomic mass is 79.9. The summed E-state index contributed by atoms with van der Waals surface area (Å²) in [4.78, 5) is 11.2. The zero-order valence-corrected chi connectivity index (χ0v) is 9.30. The predicted molar refractivity (Wildman–Crippen MR) is 58.2 cm³/mol. The van der Waals surface area contributed by atoms with Gasteiger partial charge in [-0.2, -0.15) is 0 Å². The third-order valence-electron chi connectivity index (χ3n) is 1.83. The molecular formula is C9H11BrN2O2. The number of alkyl halides is 1. The molecule has 0 fully saturated rings. The van der Waals surface area contributed by atoms with Gasteiger partial charge in [-0.05, 0) is 17.7 Å². The molecule has 1 aromatic rings. The summed E-state index contributed by atoms with van der Waals surface area (Å²) in [5.74, 6) is 4.94. The molecule has 0 aromatic heterocycles. The first-order valence-electron chi connectivity index (χ1n) is 3.96. The fraction of sp³-hybridized carbons (Fsp3) is 0.222. The van der Waals surface area contributed by atoms with Crippen LogP contribution in [0.4, 0.5) is 5.69 Å². The van der Waals surface area contributed by atoms with Crippen LogP contribution in [0.1, 0.15) is 15.9 Å². The van der Waals surface area contributed by atoms with Crippen LogP contribution >= 0.6 is 15.9 Å². The number of hydrogen-bond acceptors (Lipinski definition) is 4. The highest BCUT2D eigenvalue weighted by Crippen LogP contribution is 2.19. The number of hydrazine groups is 1. The number of ether oxygens (including phenoxy) is 1. The van der Waals surface area contributed by atoms with Crippen molar-refractivity contribution in [3.05, 3.63) is 29.3 Å². The average Bonchev–Trinajstić information content (AvgIpc) is 2.26. The molecule has 0 heterocycles. The summed E-state index contributed by atoms with van der Waals surface area (Å²) < 4.78 is 4.59. The lowest BCUT2D eigenvalue weighted by Gasteiger charge is -2.07. The topological polar surface area (TPSA) is 64.3 Å². The largest absolute Gasteiger partial charge is 0.465 e. The summed E-state index contributed by atoms with van der Waals surface area (Å²) in [6.45, 7) is 0. The smallest absolute Gasteiger partial charge is 0.337 e. The molecule has 4 nitrogen and oxygen atoms in total. The van der Waals surface area contributed by atoms with Crippen LogP contribution in [0.25, 0.3) is 0 Å². The van der Waals surface area contributed by atoms with E-state index in [0.717, 1.165) is 5.56 Å².